The lowest BCUT2D eigenvalue weighted by molar-refractivity contribution is -0.137. The number of carbonyl (C=O) groups is 2. The van der Waals surface area contributed by atoms with Gasteiger partial charge in [0, 0.05) is 24.5 Å². The Balaban J connectivity index is 1.84. The summed E-state index contributed by atoms with van der Waals surface area (Å²) in [6.45, 7) is 5.18. The van der Waals surface area contributed by atoms with Crippen molar-refractivity contribution in [1.29, 1.82) is 0 Å². The van der Waals surface area contributed by atoms with Crippen molar-refractivity contribution in [3.05, 3.63) is 28.1 Å². The molecule has 0 spiro atoms. The third-order valence-corrected chi connectivity index (χ3v) is 5.36. The Morgan fingerprint density at radius 3 is 2.58 bits per heavy atom. The second-order valence-corrected chi connectivity index (χ2v) is 7.07. The largest absolute Gasteiger partial charge is 0.378 e. The molecule has 1 saturated heterocycles. The van der Waals surface area contributed by atoms with Crippen molar-refractivity contribution in [3.63, 3.8) is 0 Å². The fraction of sp³-hybridized carbons (Fsp3) is 0.556. The zero-order valence-corrected chi connectivity index (χ0v) is 14.9. The summed E-state index contributed by atoms with van der Waals surface area (Å²) in [4.78, 5) is 30.2. The predicted octanol–water partition coefficient (Wildman–Crippen LogP) is 2.74. The van der Waals surface area contributed by atoms with Gasteiger partial charge in [0.15, 0.2) is 0 Å². The number of rotatable bonds is 7. The topological polar surface area (TPSA) is 49.9 Å². The predicted molar refractivity (Wildman–Crippen MR) is 94.5 cm³/mol. The van der Waals surface area contributed by atoms with Crippen molar-refractivity contribution in [2.24, 2.45) is 0 Å². The highest BCUT2D eigenvalue weighted by molar-refractivity contribution is 7.11. The van der Waals surface area contributed by atoms with Crippen LogP contribution in [0.5, 0.6) is 0 Å². The van der Waals surface area contributed by atoms with Crippen LogP contribution in [0, 0.1) is 0 Å². The van der Waals surface area contributed by atoms with Crippen molar-refractivity contribution in [2.75, 3.05) is 32.8 Å². The molecule has 0 saturated carbocycles. The summed E-state index contributed by atoms with van der Waals surface area (Å²) in [5, 5.41) is 1.95. The molecule has 130 valence electrons. The van der Waals surface area contributed by atoms with Crippen LogP contribution in [0.3, 0.4) is 0 Å². The molecule has 2 aliphatic rings. The SMILES string of the molecule is CCCCCCN1C(=O)C(c2cccs2)=C(N2CCOCC2)C1=O. The van der Waals surface area contributed by atoms with E-state index in [4.69, 9.17) is 4.74 Å². The summed E-state index contributed by atoms with van der Waals surface area (Å²) in [5.41, 5.74) is 1.15. The summed E-state index contributed by atoms with van der Waals surface area (Å²) < 4.78 is 5.39. The van der Waals surface area contributed by atoms with Crippen molar-refractivity contribution in [3.8, 4) is 0 Å². The van der Waals surface area contributed by atoms with E-state index in [-0.39, 0.29) is 11.8 Å². The molecule has 0 radical (unpaired) electrons. The van der Waals surface area contributed by atoms with E-state index < -0.39 is 0 Å². The molecule has 0 unspecified atom stereocenters. The third kappa shape index (κ3) is 3.39. The lowest BCUT2D eigenvalue weighted by atomic mass is 10.1. The van der Waals surface area contributed by atoms with E-state index in [1.807, 2.05) is 22.4 Å². The van der Waals surface area contributed by atoms with Crippen LogP contribution < -0.4 is 0 Å². The number of thiophene rings is 1. The van der Waals surface area contributed by atoms with Crippen LogP contribution in [0.15, 0.2) is 23.2 Å². The summed E-state index contributed by atoms with van der Waals surface area (Å²) in [5.74, 6) is -0.276. The lowest BCUT2D eigenvalue weighted by Crippen LogP contribution is -2.40. The maximum absolute atomic E-state index is 13.0. The molecule has 0 aliphatic carbocycles. The highest BCUT2D eigenvalue weighted by Gasteiger charge is 2.41. The van der Waals surface area contributed by atoms with Crippen LogP contribution in [-0.4, -0.2) is 54.5 Å². The minimum atomic E-state index is -0.138. The van der Waals surface area contributed by atoms with Gasteiger partial charge in [-0.05, 0) is 17.9 Å². The standard InChI is InChI=1S/C18H24N2O3S/c1-2-3-4-5-8-20-17(21)15(14-7-6-13-24-14)16(18(20)22)19-9-11-23-12-10-19/h6-7,13H,2-5,8-12H2,1H3. The van der Waals surface area contributed by atoms with E-state index in [1.165, 1.54) is 16.2 Å². The van der Waals surface area contributed by atoms with Crippen molar-refractivity contribution in [1.82, 2.24) is 9.80 Å². The number of carbonyl (C=O) groups excluding carboxylic acids is 2. The Morgan fingerprint density at radius 2 is 1.92 bits per heavy atom. The van der Waals surface area contributed by atoms with Crippen LogP contribution in [0.1, 0.15) is 37.5 Å². The van der Waals surface area contributed by atoms with E-state index in [0.717, 1.165) is 30.6 Å². The molecular weight excluding hydrogens is 324 g/mol. The summed E-state index contributed by atoms with van der Waals surface area (Å²) >= 11 is 1.51. The molecule has 0 N–H and O–H groups in total. The average Bonchev–Trinajstić information content (AvgIpc) is 3.20. The number of hydrogen-bond acceptors (Lipinski definition) is 5. The number of unbranched alkanes of at least 4 members (excludes halogenated alkanes) is 3. The van der Waals surface area contributed by atoms with E-state index in [2.05, 4.69) is 6.92 Å². The summed E-state index contributed by atoms with van der Waals surface area (Å²) in [6, 6.07) is 3.85. The molecule has 3 rings (SSSR count). The van der Waals surface area contributed by atoms with E-state index in [9.17, 15) is 9.59 Å². The molecule has 6 heteroatoms. The van der Waals surface area contributed by atoms with Gasteiger partial charge in [-0.1, -0.05) is 32.3 Å². The smallest absolute Gasteiger partial charge is 0.277 e. The molecule has 1 fully saturated rings. The van der Waals surface area contributed by atoms with Crippen LogP contribution in [-0.2, 0) is 14.3 Å². The van der Waals surface area contributed by atoms with E-state index in [1.54, 1.807) is 0 Å². The van der Waals surface area contributed by atoms with Gasteiger partial charge in [0.25, 0.3) is 11.8 Å². The number of imide groups is 1. The Bertz CT molecular complexity index is 618. The molecule has 0 bridgehead atoms. The Kier molecular flexibility index (Phi) is 5.68. The van der Waals surface area contributed by atoms with Gasteiger partial charge >= 0.3 is 0 Å². The molecule has 1 aromatic rings. The third-order valence-electron chi connectivity index (χ3n) is 4.47. The number of ether oxygens (including phenoxy) is 1. The molecular formula is C18H24N2O3S. The average molecular weight is 348 g/mol. The number of morpholine rings is 1. The summed E-state index contributed by atoms with van der Waals surface area (Å²) in [7, 11) is 0. The minimum Gasteiger partial charge on any atom is -0.378 e. The van der Waals surface area contributed by atoms with Crippen LogP contribution >= 0.6 is 11.3 Å². The Morgan fingerprint density at radius 1 is 1.12 bits per heavy atom. The van der Waals surface area contributed by atoms with Gasteiger partial charge in [-0.25, -0.2) is 0 Å². The number of hydrogen-bond donors (Lipinski definition) is 0. The van der Waals surface area contributed by atoms with Crippen molar-refractivity contribution < 1.29 is 14.3 Å². The fourth-order valence-electron chi connectivity index (χ4n) is 3.19. The molecule has 2 amide bonds. The monoisotopic (exact) mass is 348 g/mol. The summed E-state index contributed by atoms with van der Waals surface area (Å²) in [6.07, 6.45) is 4.20. The second-order valence-electron chi connectivity index (χ2n) is 6.12. The molecule has 0 aromatic carbocycles. The Hall–Kier alpha value is -1.66. The van der Waals surface area contributed by atoms with Gasteiger partial charge < -0.3 is 9.64 Å². The van der Waals surface area contributed by atoms with Gasteiger partial charge in [0.1, 0.15) is 5.70 Å². The van der Waals surface area contributed by atoms with E-state index in [0.29, 0.717) is 44.1 Å². The zero-order chi connectivity index (χ0) is 16.9. The second kappa shape index (κ2) is 7.94. The van der Waals surface area contributed by atoms with Crippen LogP contribution in [0.25, 0.3) is 5.57 Å². The molecule has 3 heterocycles. The molecule has 24 heavy (non-hydrogen) atoms. The van der Waals surface area contributed by atoms with Gasteiger partial charge in [0.05, 0.1) is 18.8 Å². The van der Waals surface area contributed by atoms with Crippen molar-refractivity contribution >= 4 is 28.7 Å². The highest BCUT2D eigenvalue weighted by Crippen LogP contribution is 2.34. The van der Waals surface area contributed by atoms with Crippen LogP contribution in [0.2, 0.25) is 0 Å². The van der Waals surface area contributed by atoms with Gasteiger partial charge in [0.2, 0.25) is 0 Å². The van der Waals surface area contributed by atoms with E-state index >= 15 is 0 Å². The van der Waals surface area contributed by atoms with Gasteiger partial charge in [-0.15, -0.1) is 11.3 Å². The number of nitrogens with zero attached hydrogens (tertiary/aromatic N) is 2. The normalized spacial score (nSPS) is 18.9. The molecule has 5 nitrogen and oxygen atoms in total. The lowest BCUT2D eigenvalue weighted by Gasteiger charge is -2.29. The molecule has 2 aliphatic heterocycles. The van der Waals surface area contributed by atoms with Crippen LogP contribution in [0.4, 0.5) is 0 Å². The quantitative estimate of drug-likeness (QED) is 0.562. The van der Waals surface area contributed by atoms with Crippen molar-refractivity contribution in [2.45, 2.75) is 32.6 Å². The maximum atomic E-state index is 13.0. The minimum absolute atomic E-state index is 0.137. The first-order valence-electron chi connectivity index (χ1n) is 8.71. The molecule has 0 atom stereocenters. The highest BCUT2D eigenvalue weighted by atomic mass is 32.1. The fourth-order valence-corrected chi connectivity index (χ4v) is 3.95. The Labute approximate surface area is 146 Å². The van der Waals surface area contributed by atoms with Gasteiger partial charge in [-0.2, -0.15) is 0 Å². The van der Waals surface area contributed by atoms with Gasteiger partial charge in [-0.3, -0.25) is 14.5 Å². The maximum Gasteiger partial charge on any atom is 0.277 e. The first-order chi connectivity index (χ1) is 11.7. The number of amides is 2. The first kappa shape index (κ1) is 17.2. The zero-order valence-electron chi connectivity index (χ0n) is 14.1. The first-order valence-corrected chi connectivity index (χ1v) is 9.59. The molecule has 1 aromatic heterocycles.